The Morgan fingerprint density at radius 1 is 1.07 bits per heavy atom. The van der Waals surface area contributed by atoms with Gasteiger partial charge in [-0.05, 0) is 43.2 Å². The third kappa shape index (κ3) is 6.60. The number of anilines is 1. The maximum atomic E-state index is 12.1. The van der Waals surface area contributed by atoms with Gasteiger partial charge in [-0.2, -0.15) is 0 Å². The van der Waals surface area contributed by atoms with Crippen LogP contribution in [0.1, 0.15) is 17.5 Å². The number of carbonyl (C=O) groups is 1. The van der Waals surface area contributed by atoms with Crippen LogP contribution in [0.15, 0.2) is 48.5 Å². The summed E-state index contributed by atoms with van der Waals surface area (Å²) in [5.41, 5.74) is 2.70. The molecule has 0 radical (unpaired) electrons. The van der Waals surface area contributed by atoms with Gasteiger partial charge in [0.15, 0.2) is 0 Å². The quantitative estimate of drug-likeness (QED) is 0.714. The molecule has 0 aliphatic carbocycles. The average molecular weight is 391 g/mol. The normalized spacial score (nSPS) is 11.1. The van der Waals surface area contributed by atoms with Gasteiger partial charge in [-0.3, -0.25) is 9.10 Å². The predicted octanol–water partition coefficient (Wildman–Crippen LogP) is 2.52. The van der Waals surface area contributed by atoms with E-state index in [2.05, 4.69) is 5.32 Å². The number of nitrogens with zero attached hydrogens (tertiary/aromatic N) is 1. The molecule has 0 atom stereocenters. The van der Waals surface area contributed by atoms with Crippen molar-refractivity contribution in [2.45, 2.75) is 19.8 Å². The van der Waals surface area contributed by atoms with E-state index in [0.29, 0.717) is 18.7 Å². The Kier molecular flexibility index (Phi) is 7.24. The average Bonchev–Trinajstić information content (AvgIpc) is 2.63. The van der Waals surface area contributed by atoms with Crippen molar-refractivity contribution in [2.75, 3.05) is 30.8 Å². The second-order valence-electron chi connectivity index (χ2n) is 6.37. The summed E-state index contributed by atoms with van der Waals surface area (Å²) in [6, 6.07) is 14.9. The molecule has 6 nitrogen and oxygen atoms in total. The third-order valence-electron chi connectivity index (χ3n) is 4.16. The molecule has 27 heavy (non-hydrogen) atoms. The van der Waals surface area contributed by atoms with Gasteiger partial charge in [-0.1, -0.05) is 29.8 Å². The van der Waals surface area contributed by atoms with Crippen LogP contribution in [0.4, 0.5) is 5.69 Å². The number of amides is 1. The van der Waals surface area contributed by atoms with Crippen molar-refractivity contribution in [1.29, 1.82) is 0 Å². The van der Waals surface area contributed by atoms with E-state index in [1.807, 2.05) is 43.3 Å². The van der Waals surface area contributed by atoms with Crippen molar-refractivity contribution >= 4 is 21.6 Å². The lowest BCUT2D eigenvalue weighted by atomic mass is 10.1. The highest BCUT2D eigenvalue weighted by Gasteiger charge is 2.18. The minimum absolute atomic E-state index is 0.101. The largest absolute Gasteiger partial charge is 0.497 e. The second-order valence-corrected chi connectivity index (χ2v) is 8.28. The molecule has 0 spiro atoms. The highest BCUT2D eigenvalue weighted by atomic mass is 32.2. The van der Waals surface area contributed by atoms with E-state index >= 15 is 0 Å². The van der Waals surface area contributed by atoms with E-state index in [4.69, 9.17) is 4.74 Å². The zero-order valence-corrected chi connectivity index (χ0v) is 16.8. The molecule has 0 fully saturated rings. The molecule has 0 aliphatic rings. The van der Waals surface area contributed by atoms with Crippen LogP contribution >= 0.6 is 0 Å². The summed E-state index contributed by atoms with van der Waals surface area (Å²) in [4.78, 5) is 12.1. The lowest BCUT2D eigenvalue weighted by Gasteiger charge is -2.22. The Bertz CT molecular complexity index is 847. The van der Waals surface area contributed by atoms with Crippen LogP contribution in [0.25, 0.3) is 0 Å². The van der Waals surface area contributed by atoms with Gasteiger partial charge < -0.3 is 10.1 Å². The Balaban J connectivity index is 1.85. The molecular formula is C20H26N2O4S. The molecule has 146 valence electrons. The van der Waals surface area contributed by atoms with Crippen LogP contribution in [0.5, 0.6) is 5.75 Å². The molecule has 2 rings (SSSR count). The van der Waals surface area contributed by atoms with Crippen molar-refractivity contribution in [3.8, 4) is 5.75 Å². The molecular weight excluding hydrogens is 364 g/mol. The number of aryl methyl sites for hydroxylation is 1. The Morgan fingerprint density at radius 2 is 1.70 bits per heavy atom. The lowest BCUT2D eigenvalue weighted by molar-refractivity contribution is -0.120. The van der Waals surface area contributed by atoms with Crippen LogP contribution in [0, 0.1) is 6.92 Å². The molecule has 2 aromatic rings. The van der Waals surface area contributed by atoms with E-state index in [-0.39, 0.29) is 18.9 Å². The molecule has 0 aliphatic heterocycles. The van der Waals surface area contributed by atoms with Crippen LogP contribution < -0.4 is 14.4 Å². The van der Waals surface area contributed by atoms with Gasteiger partial charge in [0.05, 0.1) is 19.1 Å². The number of rotatable bonds is 9. The number of carbonyl (C=O) groups excluding carboxylic acids is 1. The van der Waals surface area contributed by atoms with Gasteiger partial charge >= 0.3 is 0 Å². The summed E-state index contributed by atoms with van der Waals surface area (Å²) in [5, 5.41) is 2.84. The van der Waals surface area contributed by atoms with Crippen LogP contribution in [-0.2, 0) is 21.2 Å². The number of ether oxygens (including phenoxy) is 1. The first-order valence-corrected chi connectivity index (χ1v) is 10.6. The first-order chi connectivity index (χ1) is 12.8. The Hall–Kier alpha value is -2.54. The van der Waals surface area contributed by atoms with Crippen LogP contribution in [-0.4, -0.2) is 40.8 Å². The van der Waals surface area contributed by atoms with E-state index in [1.165, 1.54) is 4.31 Å². The summed E-state index contributed by atoms with van der Waals surface area (Å²) in [6.45, 7) is 2.54. The molecule has 0 heterocycles. The Morgan fingerprint density at radius 3 is 2.26 bits per heavy atom. The first kappa shape index (κ1) is 20.8. The van der Waals surface area contributed by atoms with E-state index in [9.17, 15) is 13.2 Å². The lowest BCUT2D eigenvalue weighted by Crippen LogP contribution is -2.35. The maximum absolute atomic E-state index is 12.1. The zero-order valence-electron chi connectivity index (χ0n) is 15.9. The number of hydrogen-bond acceptors (Lipinski definition) is 4. The zero-order chi connectivity index (χ0) is 19.9. The molecule has 7 heteroatoms. The third-order valence-corrected chi connectivity index (χ3v) is 5.35. The summed E-state index contributed by atoms with van der Waals surface area (Å²) >= 11 is 0. The minimum Gasteiger partial charge on any atom is -0.497 e. The van der Waals surface area contributed by atoms with Gasteiger partial charge in [0.1, 0.15) is 5.75 Å². The molecule has 0 saturated carbocycles. The van der Waals surface area contributed by atoms with E-state index in [0.717, 1.165) is 23.1 Å². The van der Waals surface area contributed by atoms with Gasteiger partial charge in [0.2, 0.25) is 15.9 Å². The second kappa shape index (κ2) is 9.41. The highest BCUT2D eigenvalue weighted by Crippen LogP contribution is 2.18. The number of sulfonamides is 1. The van der Waals surface area contributed by atoms with E-state index in [1.54, 1.807) is 19.2 Å². The highest BCUT2D eigenvalue weighted by molar-refractivity contribution is 7.92. The standard InChI is InChI=1S/C20H26N2O4S/c1-16-4-8-18(9-5-16)22(27(3,24)25)15-13-20(23)21-14-12-17-6-10-19(26-2)11-7-17/h4-11H,12-15H2,1-3H3,(H,21,23). The van der Waals surface area contributed by atoms with Gasteiger partial charge in [0.25, 0.3) is 0 Å². The monoisotopic (exact) mass is 390 g/mol. The summed E-state index contributed by atoms with van der Waals surface area (Å²) in [7, 11) is -1.84. The Labute approximate surface area is 161 Å². The molecule has 1 amide bonds. The fourth-order valence-electron chi connectivity index (χ4n) is 2.63. The number of methoxy groups -OCH3 is 1. The van der Waals surface area contributed by atoms with Gasteiger partial charge in [0, 0.05) is 19.5 Å². The molecule has 2 aromatic carbocycles. The van der Waals surface area contributed by atoms with Crippen LogP contribution in [0.2, 0.25) is 0 Å². The molecule has 1 N–H and O–H groups in total. The van der Waals surface area contributed by atoms with Crippen molar-refractivity contribution in [3.05, 3.63) is 59.7 Å². The molecule has 0 aromatic heterocycles. The van der Waals surface area contributed by atoms with Crippen LogP contribution in [0.3, 0.4) is 0 Å². The SMILES string of the molecule is COc1ccc(CCNC(=O)CCN(c2ccc(C)cc2)S(C)(=O)=O)cc1. The fraction of sp³-hybridized carbons (Fsp3) is 0.350. The smallest absolute Gasteiger partial charge is 0.232 e. The molecule has 0 unspecified atom stereocenters. The number of hydrogen-bond donors (Lipinski definition) is 1. The summed E-state index contributed by atoms with van der Waals surface area (Å²) < 4.78 is 30.5. The predicted molar refractivity (Wildman–Crippen MR) is 108 cm³/mol. The minimum atomic E-state index is -3.46. The van der Waals surface area contributed by atoms with Crippen molar-refractivity contribution < 1.29 is 17.9 Å². The van der Waals surface area contributed by atoms with Crippen molar-refractivity contribution in [1.82, 2.24) is 5.32 Å². The summed E-state index contributed by atoms with van der Waals surface area (Å²) in [5.74, 6) is 0.615. The maximum Gasteiger partial charge on any atom is 0.232 e. The molecule has 0 saturated heterocycles. The van der Waals surface area contributed by atoms with Crippen molar-refractivity contribution in [3.63, 3.8) is 0 Å². The van der Waals surface area contributed by atoms with Crippen molar-refractivity contribution in [2.24, 2.45) is 0 Å². The number of benzene rings is 2. The topological polar surface area (TPSA) is 75.7 Å². The molecule has 0 bridgehead atoms. The summed E-state index contributed by atoms with van der Waals surface area (Å²) in [6.07, 6.45) is 1.95. The first-order valence-electron chi connectivity index (χ1n) is 8.73. The van der Waals surface area contributed by atoms with E-state index < -0.39 is 10.0 Å². The van der Waals surface area contributed by atoms with Gasteiger partial charge in [-0.15, -0.1) is 0 Å². The number of nitrogens with one attached hydrogen (secondary N) is 1. The van der Waals surface area contributed by atoms with Gasteiger partial charge in [-0.25, -0.2) is 8.42 Å². The fourth-order valence-corrected chi connectivity index (χ4v) is 3.55.